The number of halogens is 1. The van der Waals surface area contributed by atoms with Crippen LogP contribution in [0.15, 0.2) is 55.6 Å². The summed E-state index contributed by atoms with van der Waals surface area (Å²) in [4.78, 5) is 0.424. The lowest BCUT2D eigenvalue weighted by atomic mass is 10.2. The van der Waals surface area contributed by atoms with Crippen LogP contribution in [0.3, 0.4) is 0 Å². The van der Waals surface area contributed by atoms with Crippen LogP contribution in [0, 0.1) is 0 Å². The summed E-state index contributed by atoms with van der Waals surface area (Å²) in [7, 11) is 0. The first kappa shape index (κ1) is 14.7. The molecule has 1 aromatic carbocycles. The third-order valence-corrected chi connectivity index (χ3v) is 3.18. The molecule has 96 valence electrons. The van der Waals surface area contributed by atoms with E-state index >= 15 is 0 Å². The van der Waals surface area contributed by atoms with Gasteiger partial charge in [-0.2, -0.15) is 0 Å². The highest BCUT2D eigenvalue weighted by atomic mass is 35.5. The van der Waals surface area contributed by atoms with Gasteiger partial charge in [0.25, 0.3) is 0 Å². The molecule has 0 aromatic heterocycles. The molecule has 1 rings (SSSR count). The van der Waals surface area contributed by atoms with Gasteiger partial charge in [-0.25, -0.2) is 0 Å². The molecule has 0 amide bonds. The Balaban J connectivity index is 2.82. The van der Waals surface area contributed by atoms with Crippen molar-refractivity contribution in [3.05, 3.63) is 55.6 Å². The number of hydrogen-bond acceptors (Lipinski definition) is 2. The smallest absolute Gasteiger partial charge is 0.235 e. The van der Waals surface area contributed by atoms with E-state index < -0.39 is 5.06 Å². The molecule has 1 unspecified atom stereocenters. The maximum atomic E-state index is 6.43. The predicted molar refractivity (Wildman–Crippen MR) is 81.3 cm³/mol. The maximum Gasteiger partial charge on any atom is 0.235 e. The van der Waals surface area contributed by atoms with Crippen molar-refractivity contribution in [1.29, 1.82) is 0 Å². The van der Waals surface area contributed by atoms with Crippen molar-refractivity contribution in [2.45, 2.75) is 11.5 Å². The van der Waals surface area contributed by atoms with Crippen LogP contribution in [-0.2, 0) is 0 Å². The third kappa shape index (κ3) is 4.17. The molecule has 1 atom stereocenters. The molecule has 0 bridgehead atoms. The molecule has 0 saturated carbocycles. The van der Waals surface area contributed by atoms with Gasteiger partial charge >= 0.3 is 0 Å². The lowest BCUT2D eigenvalue weighted by molar-refractivity contribution is 0.229. The van der Waals surface area contributed by atoms with Gasteiger partial charge in [0.2, 0.25) is 5.06 Å². The summed E-state index contributed by atoms with van der Waals surface area (Å²) in [6, 6.07) is 9.32. The van der Waals surface area contributed by atoms with Crippen LogP contribution < -0.4 is 10.1 Å². The molecule has 2 nitrogen and oxygen atoms in total. The lowest BCUT2D eigenvalue weighted by Gasteiger charge is -2.28. The molecule has 0 spiro atoms. The number of alkyl halides is 1. The highest BCUT2D eigenvalue weighted by Crippen LogP contribution is 2.27. The van der Waals surface area contributed by atoms with Crippen LogP contribution in [0.5, 0.6) is 5.75 Å². The number of nitrogens with one attached hydrogen (secondary N) is 1. The molecule has 0 fully saturated rings. The molecule has 0 heterocycles. The van der Waals surface area contributed by atoms with Gasteiger partial charge in [-0.15, -0.1) is 13.2 Å². The Morgan fingerprint density at radius 3 is 2.56 bits per heavy atom. The van der Waals surface area contributed by atoms with Gasteiger partial charge in [0, 0.05) is 13.0 Å². The fourth-order valence-corrected chi connectivity index (χ4v) is 1.81. The minimum absolute atomic E-state index is 0.409. The second kappa shape index (κ2) is 7.19. The standard InChI is InChI=1S/C14H16ClNOS/c1-3-10-14(15,13(18)16-11-4-2)17-12-8-6-5-7-9-12/h3-9H,1-2,10-11H2,(H,16,18). The van der Waals surface area contributed by atoms with E-state index in [1.807, 2.05) is 30.3 Å². The number of ether oxygens (including phenoxy) is 1. The normalized spacial score (nSPS) is 13.2. The number of thiocarbonyl (C=S) groups is 1. The van der Waals surface area contributed by atoms with Crippen LogP contribution in [0.25, 0.3) is 0 Å². The van der Waals surface area contributed by atoms with Crippen molar-refractivity contribution in [2.24, 2.45) is 0 Å². The SMILES string of the molecule is C=CCNC(=S)C(Cl)(CC=C)Oc1ccccc1. The topological polar surface area (TPSA) is 21.3 Å². The van der Waals surface area contributed by atoms with E-state index in [1.54, 1.807) is 12.2 Å². The summed E-state index contributed by atoms with van der Waals surface area (Å²) < 4.78 is 5.76. The molecular formula is C14H16ClNOS. The molecule has 0 aliphatic heterocycles. The van der Waals surface area contributed by atoms with Gasteiger partial charge < -0.3 is 10.1 Å². The zero-order valence-electron chi connectivity index (χ0n) is 10.1. The largest absolute Gasteiger partial charge is 0.465 e. The monoisotopic (exact) mass is 281 g/mol. The van der Waals surface area contributed by atoms with Gasteiger partial charge in [-0.05, 0) is 12.1 Å². The molecule has 18 heavy (non-hydrogen) atoms. The maximum absolute atomic E-state index is 6.43. The van der Waals surface area contributed by atoms with E-state index in [9.17, 15) is 0 Å². The first-order chi connectivity index (χ1) is 8.62. The van der Waals surface area contributed by atoms with Gasteiger partial charge in [-0.3, -0.25) is 0 Å². The zero-order valence-corrected chi connectivity index (χ0v) is 11.6. The van der Waals surface area contributed by atoms with E-state index in [0.29, 0.717) is 23.7 Å². The first-order valence-corrected chi connectivity index (χ1v) is 6.34. The van der Waals surface area contributed by atoms with Gasteiger partial charge in [0.1, 0.15) is 10.7 Å². The summed E-state index contributed by atoms with van der Waals surface area (Å²) in [5.74, 6) is 0.664. The van der Waals surface area contributed by atoms with Crippen molar-refractivity contribution in [2.75, 3.05) is 6.54 Å². The average Bonchev–Trinajstić information content (AvgIpc) is 2.37. The van der Waals surface area contributed by atoms with E-state index in [-0.39, 0.29) is 0 Å². The van der Waals surface area contributed by atoms with E-state index in [0.717, 1.165) is 0 Å². The fraction of sp³-hybridized carbons (Fsp3) is 0.214. The van der Waals surface area contributed by atoms with E-state index in [1.165, 1.54) is 0 Å². The molecule has 0 aliphatic carbocycles. The lowest BCUT2D eigenvalue weighted by Crippen LogP contribution is -2.45. The van der Waals surface area contributed by atoms with Gasteiger partial charge in [0.05, 0.1) is 0 Å². The van der Waals surface area contributed by atoms with Crippen LogP contribution in [0.2, 0.25) is 0 Å². The molecular weight excluding hydrogens is 266 g/mol. The van der Waals surface area contributed by atoms with Crippen molar-refractivity contribution in [1.82, 2.24) is 5.32 Å². The quantitative estimate of drug-likeness (QED) is 0.468. The van der Waals surface area contributed by atoms with Crippen molar-refractivity contribution in [3.63, 3.8) is 0 Å². The first-order valence-electron chi connectivity index (χ1n) is 5.55. The van der Waals surface area contributed by atoms with Crippen LogP contribution in [-0.4, -0.2) is 16.6 Å². The Morgan fingerprint density at radius 1 is 1.33 bits per heavy atom. The summed E-state index contributed by atoms with van der Waals surface area (Å²) in [5, 5.41) is 1.88. The number of hydrogen-bond donors (Lipinski definition) is 1. The minimum atomic E-state index is -1.11. The summed E-state index contributed by atoms with van der Waals surface area (Å²) in [6.07, 6.45) is 3.80. The second-order valence-electron chi connectivity index (χ2n) is 3.64. The zero-order chi connectivity index (χ0) is 13.4. The highest BCUT2D eigenvalue weighted by molar-refractivity contribution is 7.80. The number of para-hydroxylation sites is 1. The molecule has 4 heteroatoms. The summed E-state index contributed by atoms with van der Waals surface area (Å²) >= 11 is 11.7. The van der Waals surface area contributed by atoms with E-state index in [2.05, 4.69) is 18.5 Å². The average molecular weight is 282 g/mol. The Bertz CT molecular complexity index is 421. The minimum Gasteiger partial charge on any atom is -0.465 e. The van der Waals surface area contributed by atoms with Crippen LogP contribution in [0.4, 0.5) is 0 Å². The molecule has 0 aliphatic rings. The van der Waals surface area contributed by atoms with Crippen molar-refractivity contribution in [3.8, 4) is 5.75 Å². The second-order valence-corrected chi connectivity index (χ2v) is 4.65. The predicted octanol–water partition coefficient (Wildman–Crippen LogP) is 3.68. The van der Waals surface area contributed by atoms with Gasteiger partial charge in [-0.1, -0.05) is 54.2 Å². The van der Waals surface area contributed by atoms with Crippen LogP contribution in [0.1, 0.15) is 6.42 Å². The molecule has 1 N–H and O–H groups in total. The molecule has 0 radical (unpaired) electrons. The van der Waals surface area contributed by atoms with Crippen LogP contribution >= 0.6 is 23.8 Å². The number of rotatable bonds is 7. The van der Waals surface area contributed by atoms with E-state index in [4.69, 9.17) is 28.6 Å². The molecule has 0 saturated heterocycles. The van der Waals surface area contributed by atoms with Gasteiger partial charge in [0.15, 0.2) is 0 Å². The van der Waals surface area contributed by atoms with Crippen molar-refractivity contribution < 1.29 is 4.74 Å². The third-order valence-electron chi connectivity index (χ3n) is 2.18. The fourth-order valence-electron chi connectivity index (χ4n) is 1.34. The Labute approximate surface area is 118 Å². The Hall–Kier alpha value is -1.32. The number of benzene rings is 1. The Morgan fingerprint density at radius 2 is 2.00 bits per heavy atom. The van der Waals surface area contributed by atoms with Crippen molar-refractivity contribution >= 4 is 28.8 Å². The summed E-state index contributed by atoms with van der Waals surface area (Å²) in [5.41, 5.74) is 0. The summed E-state index contributed by atoms with van der Waals surface area (Å²) in [6.45, 7) is 7.84. The molecule has 1 aromatic rings. The Kier molecular flexibility index (Phi) is 5.89. The highest BCUT2D eigenvalue weighted by Gasteiger charge is 2.33.